The summed E-state index contributed by atoms with van der Waals surface area (Å²) < 4.78 is 0. The van der Waals surface area contributed by atoms with Crippen molar-refractivity contribution >= 4 is 0 Å². The van der Waals surface area contributed by atoms with Gasteiger partial charge in [-0.1, -0.05) is 13.8 Å². The molecule has 3 N–H and O–H groups in total. The monoisotopic (exact) mass is 166 g/mol. The van der Waals surface area contributed by atoms with Crippen molar-refractivity contribution in [1.82, 2.24) is 5.32 Å². The molecule has 2 nitrogen and oxygen atoms in total. The van der Waals surface area contributed by atoms with Crippen LogP contribution in [0, 0.1) is 5.41 Å². The lowest BCUT2D eigenvalue weighted by molar-refractivity contribution is 0.344. The van der Waals surface area contributed by atoms with Crippen molar-refractivity contribution in [2.24, 2.45) is 11.1 Å². The molecule has 0 unspecified atom stereocenters. The standard InChI is InChI=1S/C10H18N2/c1-10(2)5-8(7-11)4-9(6-10)12-3/h4,7,12H,5-6,11H2,1-3H3/b8-7+. The molecular weight excluding hydrogens is 148 g/mol. The molecule has 0 aliphatic heterocycles. The van der Waals surface area contributed by atoms with E-state index in [1.807, 2.05) is 7.05 Å². The number of hydrogen-bond donors (Lipinski definition) is 2. The maximum atomic E-state index is 5.51. The van der Waals surface area contributed by atoms with Crippen LogP contribution >= 0.6 is 0 Å². The number of allylic oxidation sites excluding steroid dienone is 3. The third-order valence-electron chi connectivity index (χ3n) is 2.25. The van der Waals surface area contributed by atoms with Crippen LogP contribution in [0.3, 0.4) is 0 Å². The van der Waals surface area contributed by atoms with E-state index in [1.54, 1.807) is 6.20 Å². The molecule has 0 spiro atoms. The molecule has 0 heterocycles. The Kier molecular flexibility index (Phi) is 2.46. The van der Waals surface area contributed by atoms with Gasteiger partial charge < -0.3 is 11.1 Å². The van der Waals surface area contributed by atoms with Gasteiger partial charge in [0.15, 0.2) is 0 Å². The van der Waals surface area contributed by atoms with Crippen LogP contribution in [0.1, 0.15) is 26.7 Å². The largest absolute Gasteiger partial charge is 0.404 e. The minimum absolute atomic E-state index is 0.346. The Hall–Kier alpha value is -0.920. The molecule has 2 heteroatoms. The minimum Gasteiger partial charge on any atom is -0.404 e. The Labute approximate surface area is 74.5 Å². The van der Waals surface area contributed by atoms with Gasteiger partial charge in [0.25, 0.3) is 0 Å². The molecule has 0 aromatic carbocycles. The van der Waals surface area contributed by atoms with Crippen molar-refractivity contribution in [3.05, 3.63) is 23.5 Å². The van der Waals surface area contributed by atoms with Crippen molar-refractivity contribution < 1.29 is 0 Å². The molecule has 0 saturated carbocycles. The first-order valence-electron chi connectivity index (χ1n) is 4.36. The molecular formula is C10H18N2. The van der Waals surface area contributed by atoms with Gasteiger partial charge in [0.1, 0.15) is 0 Å². The van der Waals surface area contributed by atoms with Crippen molar-refractivity contribution in [3.8, 4) is 0 Å². The first kappa shape index (κ1) is 9.17. The van der Waals surface area contributed by atoms with Crippen LogP contribution in [-0.4, -0.2) is 7.05 Å². The lowest BCUT2D eigenvalue weighted by Gasteiger charge is -2.30. The maximum Gasteiger partial charge on any atom is 0.0113 e. The van der Waals surface area contributed by atoms with Crippen LogP contribution in [0.4, 0.5) is 0 Å². The van der Waals surface area contributed by atoms with Gasteiger partial charge in [0.2, 0.25) is 0 Å². The van der Waals surface area contributed by atoms with E-state index in [4.69, 9.17) is 5.73 Å². The van der Waals surface area contributed by atoms with E-state index in [9.17, 15) is 0 Å². The number of nitrogens with one attached hydrogen (secondary N) is 1. The quantitative estimate of drug-likeness (QED) is 0.623. The predicted molar refractivity (Wildman–Crippen MR) is 52.4 cm³/mol. The highest BCUT2D eigenvalue weighted by Crippen LogP contribution is 2.36. The van der Waals surface area contributed by atoms with Gasteiger partial charge in [-0.3, -0.25) is 0 Å². The normalized spacial score (nSPS) is 25.2. The Bertz CT molecular complexity index is 224. The van der Waals surface area contributed by atoms with Gasteiger partial charge in [0.05, 0.1) is 0 Å². The minimum atomic E-state index is 0.346. The average Bonchev–Trinajstić information content (AvgIpc) is 2.01. The highest BCUT2D eigenvalue weighted by molar-refractivity contribution is 5.28. The van der Waals surface area contributed by atoms with Crippen molar-refractivity contribution in [2.75, 3.05) is 7.05 Å². The Balaban J connectivity index is 2.86. The maximum absolute atomic E-state index is 5.51. The number of rotatable bonds is 1. The highest BCUT2D eigenvalue weighted by Gasteiger charge is 2.24. The van der Waals surface area contributed by atoms with Crippen LogP contribution < -0.4 is 11.1 Å². The molecule has 0 radical (unpaired) electrons. The zero-order valence-corrected chi connectivity index (χ0v) is 8.15. The van der Waals surface area contributed by atoms with Crippen molar-refractivity contribution in [1.29, 1.82) is 0 Å². The molecule has 0 saturated heterocycles. The molecule has 0 aromatic heterocycles. The van der Waals surface area contributed by atoms with Crippen LogP contribution in [-0.2, 0) is 0 Å². The van der Waals surface area contributed by atoms with E-state index in [2.05, 4.69) is 25.2 Å². The SMILES string of the molecule is CNC1=C/C(=C\N)CC(C)(C)C1. The van der Waals surface area contributed by atoms with Gasteiger partial charge in [0, 0.05) is 12.7 Å². The van der Waals surface area contributed by atoms with Gasteiger partial charge >= 0.3 is 0 Å². The lowest BCUT2D eigenvalue weighted by atomic mass is 9.77. The van der Waals surface area contributed by atoms with Gasteiger partial charge in [-0.05, 0) is 36.1 Å². The Morgan fingerprint density at radius 3 is 2.67 bits per heavy atom. The molecule has 68 valence electrons. The Morgan fingerprint density at radius 1 is 1.50 bits per heavy atom. The molecule has 0 aromatic rings. The van der Waals surface area contributed by atoms with Crippen LogP contribution in [0.15, 0.2) is 23.5 Å². The van der Waals surface area contributed by atoms with Gasteiger partial charge in [-0.2, -0.15) is 0 Å². The van der Waals surface area contributed by atoms with E-state index in [0.29, 0.717) is 5.41 Å². The molecule has 0 bridgehead atoms. The van der Waals surface area contributed by atoms with Gasteiger partial charge in [-0.15, -0.1) is 0 Å². The summed E-state index contributed by atoms with van der Waals surface area (Å²) in [7, 11) is 1.96. The fourth-order valence-corrected chi connectivity index (χ4v) is 1.72. The smallest absolute Gasteiger partial charge is 0.0113 e. The van der Waals surface area contributed by atoms with Crippen LogP contribution in [0.2, 0.25) is 0 Å². The van der Waals surface area contributed by atoms with E-state index >= 15 is 0 Å². The Morgan fingerprint density at radius 2 is 2.17 bits per heavy atom. The summed E-state index contributed by atoms with van der Waals surface area (Å²) in [5.41, 5.74) is 8.36. The summed E-state index contributed by atoms with van der Waals surface area (Å²) in [5, 5.41) is 3.19. The molecule has 0 amide bonds. The van der Waals surface area contributed by atoms with E-state index in [0.717, 1.165) is 12.8 Å². The third-order valence-corrected chi connectivity index (χ3v) is 2.25. The summed E-state index contributed by atoms with van der Waals surface area (Å²) in [6, 6.07) is 0. The first-order chi connectivity index (χ1) is 5.57. The second-order valence-electron chi connectivity index (χ2n) is 4.18. The van der Waals surface area contributed by atoms with Crippen LogP contribution in [0.5, 0.6) is 0 Å². The summed E-state index contributed by atoms with van der Waals surface area (Å²) in [6.45, 7) is 4.53. The highest BCUT2D eigenvalue weighted by atomic mass is 14.8. The van der Waals surface area contributed by atoms with E-state index in [-0.39, 0.29) is 0 Å². The summed E-state index contributed by atoms with van der Waals surface area (Å²) in [6.07, 6.45) is 6.04. The molecule has 0 atom stereocenters. The van der Waals surface area contributed by atoms with Crippen molar-refractivity contribution in [2.45, 2.75) is 26.7 Å². The molecule has 1 aliphatic rings. The molecule has 12 heavy (non-hydrogen) atoms. The molecule has 0 fully saturated rings. The van der Waals surface area contributed by atoms with Crippen LogP contribution in [0.25, 0.3) is 0 Å². The lowest BCUT2D eigenvalue weighted by Crippen LogP contribution is -2.23. The van der Waals surface area contributed by atoms with Gasteiger partial charge in [-0.25, -0.2) is 0 Å². The average molecular weight is 166 g/mol. The van der Waals surface area contributed by atoms with E-state index < -0.39 is 0 Å². The predicted octanol–water partition coefficient (Wildman–Crippen LogP) is 1.75. The third kappa shape index (κ3) is 2.03. The number of nitrogens with two attached hydrogens (primary N) is 1. The topological polar surface area (TPSA) is 38.0 Å². The molecule has 1 aliphatic carbocycles. The fourth-order valence-electron chi connectivity index (χ4n) is 1.72. The zero-order chi connectivity index (χ0) is 9.19. The summed E-state index contributed by atoms with van der Waals surface area (Å²) in [4.78, 5) is 0. The second-order valence-corrected chi connectivity index (χ2v) is 4.18. The van der Waals surface area contributed by atoms with E-state index in [1.165, 1.54) is 11.3 Å². The fraction of sp³-hybridized carbons (Fsp3) is 0.600. The number of hydrogen-bond acceptors (Lipinski definition) is 2. The zero-order valence-electron chi connectivity index (χ0n) is 8.15. The van der Waals surface area contributed by atoms with Crippen molar-refractivity contribution in [3.63, 3.8) is 0 Å². The first-order valence-corrected chi connectivity index (χ1v) is 4.36. The summed E-state index contributed by atoms with van der Waals surface area (Å²) in [5.74, 6) is 0. The summed E-state index contributed by atoms with van der Waals surface area (Å²) >= 11 is 0. The molecule has 1 rings (SSSR count). The second kappa shape index (κ2) is 3.21.